The minimum absolute atomic E-state index is 0.0489. The highest BCUT2D eigenvalue weighted by atomic mass is 16.5. The Labute approximate surface area is 127 Å². The normalized spacial score (nSPS) is 10.7. The monoisotopic (exact) mass is 294 g/mol. The fourth-order valence-electron chi connectivity index (χ4n) is 1.77. The Hall–Kier alpha value is -1.59. The molecule has 1 N–H and O–H groups in total. The molecule has 21 heavy (non-hydrogen) atoms. The number of benzene rings is 1. The van der Waals surface area contributed by atoms with Crippen molar-refractivity contribution in [3.8, 4) is 5.75 Å². The molecule has 0 aliphatic carbocycles. The average Bonchev–Trinajstić information content (AvgIpc) is 2.51. The second-order valence-electron chi connectivity index (χ2n) is 4.93. The lowest BCUT2D eigenvalue weighted by molar-refractivity contribution is -0.123. The van der Waals surface area contributed by atoms with Gasteiger partial charge in [0, 0.05) is 26.7 Å². The van der Waals surface area contributed by atoms with E-state index in [9.17, 15) is 4.79 Å². The van der Waals surface area contributed by atoms with Crippen LogP contribution in [0.1, 0.15) is 12.5 Å². The summed E-state index contributed by atoms with van der Waals surface area (Å²) in [6, 6.07) is 7.81. The van der Waals surface area contributed by atoms with Crippen molar-refractivity contribution in [2.45, 2.75) is 13.3 Å². The third-order valence-corrected chi connectivity index (χ3v) is 3.19. The molecule has 0 heterocycles. The number of rotatable bonds is 10. The first-order chi connectivity index (χ1) is 10.2. The summed E-state index contributed by atoms with van der Waals surface area (Å²) in [6.07, 6.45) is 0.997. The first-order valence-corrected chi connectivity index (χ1v) is 7.31. The van der Waals surface area contributed by atoms with Crippen LogP contribution in [0.3, 0.4) is 0 Å². The molecule has 0 radical (unpaired) electrons. The van der Waals surface area contributed by atoms with Crippen LogP contribution in [-0.2, 0) is 16.0 Å². The Balaban J connectivity index is 2.15. The van der Waals surface area contributed by atoms with Gasteiger partial charge in [0.2, 0.25) is 0 Å². The average molecular weight is 294 g/mol. The number of carbonyl (C=O) groups is 1. The van der Waals surface area contributed by atoms with Crippen molar-refractivity contribution in [2.24, 2.45) is 0 Å². The van der Waals surface area contributed by atoms with Gasteiger partial charge in [-0.15, -0.1) is 0 Å². The van der Waals surface area contributed by atoms with Gasteiger partial charge in [0.05, 0.1) is 6.61 Å². The van der Waals surface area contributed by atoms with E-state index in [4.69, 9.17) is 9.47 Å². The zero-order valence-electron chi connectivity index (χ0n) is 13.2. The predicted molar refractivity (Wildman–Crippen MR) is 83.7 cm³/mol. The Morgan fingerprint density at radius 2 is 1.95 bits per heavy atom. The number of amides is 1. The number of hydrogen-bond donors (Lipinski definition) is 1. The quantitative estimate of drug-likeness (QED) is 0.707. The highest BCUT2D eigenvalue weighted by Crippen LogP contribution is 2.12. The molecule has 0 bridgehead atoms. The van der Waals surface area contributed by atoms with Crippen molar-refractivity contribution in [1.29, 1.82) is 0 Å². The SMILES string of the molecule is CCc1ccc(OCC(=O)NCCN(C)CCOC)cc1. The summed E-state index contributed by atoms with van der Waals surface area (Å²) < 4.78 is 10.4. The third kappa shape index (κ3) is 7.68. The number of likely N-dealkylation sites (N-methyl/N-ethyl adjacent to an activating group) is 1. The first kappa shape index (κ1) is 17.5. The van der Waals surface area contributed by atoms with Crippen LogP contribution in [0, 0.1) is 0 Å². The number of hydrogen-bond acceptors (Lipinski definition) is 4. The number of nitrogens with zero attached hydrogens (tertiary/aromatic N) is 1. The minimum Gasteiger partial charge on any atom is -0.484 e. The molecule has 0 fully saturated rings. The highest BCUT2D eigenvalue weighted by Gasteiger charge is 2.03. The lowest BCUT2D eigenvalue weighted by Gasteiger charge is -2.16. The summed E-state index contributed by atoms with van der Waals surface area (Å²) >= 11 is 0. The van der Waals surface area contributed by atoms with Gasteiger partial charge < -0.3 is 19.7 Å². The molecular weight excluding hydrogens is 268 g/mol. The van der Waals surface area contributed by atoms with Gasteiger partial charge in [-0.3, -0.25) is 4.79 Å². The summed E-state index contributed by atoms with van der Waals surface area (Å²) in [6.45, 7) is 5.10. The van der Waals surface area contributed by atoms with Crippen LogP contribution < -0.4 is 10.1 Å². The van der Waals surface area contributed by atoms with Gasteiger partial charge in [0.1, 0.15) is 5.75 Å². The van der Waals surface area contributed by atoms with Crippen molar-refractivity contribution >= 4 is 5.91 Å². The molecule has 118 valence electrons. The molecule has 0 saturated heterocycles. The summed E-state index contributed by atoms with van der Waals surface area (Å²) in [5, 5.41) is 2.84. The van der Waals surface area contributed by atoms with Gasteiger partial charge >= 0.3 is 0 Å². The van der Waals surface area contributed by atoms with Crippen LogP contribution in [-0.4, -0.2) is 57.8 Å². The molecule has 1 aromatic carbocycles. The Kier molecular flexibility index (Phi) is 8.47. The molecule has 0 aliphatic rings. The maximum Gasteiger partial charge on any atom is 0.257 e. The minimum atomic E-state index is -0.102. The summed E-state index contributed by atoms with van der Waals surface area (Å²) in [7, 11) is 3.68. The van der Waals surface area contributed by atoms with Gasteiger partial charge in [0.15, 0.2) is 6.61 Å². The fraction of sp³-hybridized carbons (Fsp3) is 0.562. The second kappa shape index (κ2) is 10.2. The van der Waals surface area contributed by atoms with Gasteiger partial charge in [0.25, 0.3) is 5.91 Å². The molecule has 1 amide bonds. The van der Waals surface area contributed by atoms with Crippen molar-refractivity contribution in [2.75, 3.05) is 47.0 Å². The van der Waals surface area contributed by atoms with Crippen LogP contribution in [0.2, 0.25) is 0 Å². The van der Waals surface area contributed by atoms with E-state index in [1.165, 1.54) is 5.56 Å². The Morgan fingerprint density at radius 1 is 1.24 bits per heavy atom. The van der Waals surface area contributed by atoms with Crippen molar-refractivity contribution in [1.82, 2.24) is 10.2 Å². The third-order valence-electron chi connectivity index (χ3n) is 3.19. The lowest BCUT2D eigenvalue weighted by atomic mass is 10.2. The maximum atomic E-state index is 11.7. The maximum absolute atomic E-state index is 11.7. The first-order valence-electron chi connectivity index (χ1n) is 7.31. The highest BCUT2D eigenvalue weighted by molar-refractivity contribution is 5.77. The standard InChI is InChI=1S/C16H26N2O3/c1-4-14-5-7-15(8-6-14)21-13-16(19)17-9-10-18(2)11-12-20-3/h5-8H,4,9-13H2,1-3H3,(H,17,19). The molecule has 0 unspecified atom stereocenters. The second-order valence-corrected chi connectivity index (χ2v) is 4.93. The molecule has 1 aromatic rings. The van der Waals surface area contributed by atoms with Gasteiger partial charge in [-0.2, -0.15) is 0 Å². The smallest absolute Gasteiger partial charge is 0.257 e. The molecule has 5 heteroatoms. The Morgan fingerprint density at radius 3 is 2.57 bits per heavy atom. The van der Waals surface area contributed by atoms with E-state index in [1.807, 2.05) is 31.3 Å². The van der Waals surface area contributed by atoms with Crippen LogP contribution >= 0.6 is 0 Å². The van der Waals surface area contributed by atoms with Crippen LogP contribution in [0.4, 0.5) is 0 Å². The van der Waals surface area contributed by atoms with E-state index in [1.54, 1.807) is 7.11 Å². The molecule has 5 nitrogen and oxygen atoms in total. The lowest BCUT2D eigenvalue weighted by Crippen LogP contribution is -2.36. The molecular formula is C16H26N2O3. The van der Waals surface area contributed by atoms with Crippen LogP contribution in [0.25, 0.3) is 0 Å². The molecule has 0 spiro atoms. The molecule has 0 saturated carbocycles. The zero-order valence-corrected chi connectivity index (χ0v) is 13.2. The predicted octanol–water partition coefficient (Wildman–Crippen LogP) is 1.32. The van der Waals surface area contributed by atoms with Gasteiger partial charge in [-0.25, -0.2) is 0 Å². The fourth-order valence-corrected chi connectivity index (χ4v) is 1.77. The number of ether oxygens (including phenoxy) is 2. The van der Waals surface area contributed by atoms with Crippen molar-refractivity contribution < 1.29 is 14.3 Å². The zero-order chi connectivity index (χ0) is 15.5. The van der Waals surface area contributed by atoms with Crippen molar-refractivity contribution in [3.63, 3.8) is 0 Å². The number of aryl methyl sites for hydroxylation is 1. The number of nitrogens with one attached hydrogen (secondary N) is 1. The summed E-state index contributed by atoms with van der Waals surface area (Å²) in [4.78, 5) is 13.8. The largest absolute Gasteiger partial charge is 0.484 e. The van der Waals surface area contributed by atoms with Crippen LogP contribution in [0.15, 0.2) is 24.3 Å². The summed E-state index contributed by atoms with van der Waals surface area (Å²) in [5.41, 5.74) is 1.26. The van der Waals surface area contributed by atoms with Crippen molar-refractivity contribution in [3.05, 3.63) is 29.8 Å². The van der Waals surface area contributed by atoms with E-state index in [2.05, 4.69) is 17.1 Å². The number of methoxy groups -OCH3 is 1. The van der Waals surface area contributed by atoms with E-state index >= 15 is 0 Å². The summed E-state index contributed by atoms with van der Waals surface area (Å²) in [5.74, 6) is 0.620. The van der Waals surface area contributed by atoms with Gasteiger partial charge in [-0.05, 0) is 31.2 Å². The van der Waals surface area contributed by atoms with E-state index in [0.717, 1.165) is 25.3 Å². The number of carbonyl (C=O) groups excluding carboxylic acids is 1. The van der Waals surface area contributed by atoms with E-state index in [0.29, 0.717) is 13.2 Å². The molecule has 1 rings (SSSR count). The molecule has 0 aliphatic heterocycles. The van der Waals surface area contributed by atoms with E-state index < -0.39 is 0 Å². The Bertz CT molecular complexity index is 406. The van der Waals surface area contributed by atoms with Crippen LogP contribution in [0.5, 0.6) is 5.75 Å². The topological polar surface area (TPSA) is 50.8 Å². The molecule has 0 aromatic heterocycles. The van der Waals surface area contributed by atoms with E-state index in [-0.39, 0.29) is 12.5 Å². The molecule has 0 atom stereocenters. The van der Waals surface area contributed by atoms with Gasteiger partial charge in [-0.1, -0.05) is 19.1 Å².